The second-order valence-electron chi connectivity index (χ2n) is 7.45. The van der Waals surface area contributed by atoms with Crippen molar-refractivity contribution in [2.75, 3.05) is 38.0 Å². The molecule has 0 aliphatic carbocycles. The molecule has 2 heterocycles. The maximum atomic E-state index is 12.9. The first-order chi connectivity index (χ1) is 12.9. The summed E-state index contributed by atoms with van der Waals surface area (Å²) in [5.41, 5.74) is 1.18. The molecule has 7 heteroatoms. The van der Waals surface area contributed by atoms with E-state index in [1.54, 1.807) is 18.2 Å². The lowest BCUT2D eigenvalue weighted by Gasteiger charge is -2.35. The number of rotatable bonds is 4. The van der Waals surface area contributed by atoms with Crippen LogP contribution in [-0.4, -0.2) is 66.5 Å². The Morgan fingerprint density at radius 2 is 1.78 bits per heavy atom. The number of hydrogen-bond acceptors (Lipinski definition) is 4. The molecule has 0 spiro atoms. The number of halogens is 1. The van der Waals surface area contributed by atoms with Gasteiger partial charge in [-0.2, -0.15) is 0 Å². The van der Waals surface area contributed by atoms with Crippen LogP contribution in [0.3, 0.4) is 0 Å². The highest BCUT2D eigenvalue weighted by Crippen LogP contribution is 2.24. The van der Waals surface area contributed by atoms with Gasteiger partial charge in [-0.05, 0) is 51.3 Å². The van der Waals surface area contributed by atoms with Crippen molar-refractivity contribution in [2.24, 2.45) is 0 Å². The SMILES string of the molecule is CC1CN(C(=O)CNc2cc(Cl)ccc2C(=O)N2CCCCC2)CC(C)O1. The minimum absolute atomic E-state index is 0.00469. The summed E-state index contributed by atoms with van der Waals surface area (Å²) in [4.78, 5) is 29.2. The number of piperidine rings is 1. The Morgan fingerprint density at radius 3 is 2.44 bits per heavy atom. The number of nitrogens with one attached hydrogen (secondary N) is 1. The average molecular weight is 394 g/mol. The van der Waals surface area contributed by atoms with Crippen molar-refractivity contribution < 1.29 is 14.3 Å². The van der Waals surface area contributed by atoms with Gasteiger partial charge in [0.1, 0.15) is 0 Å². The van der Waals surface area contributed by atoms with E-state index in [0.717, 1.165) is 25.9 Å². The van der Waals surface area contributed by atoms with Crippen LogP contribution in [0, 0.1) is 0 Å². The van der Waals surface area contributed by atoms with Gasteiger partial charge in [-0.25, -0.2) is 0 Å². The van der Waals surface area contributed by atoms with Gasteiger partial charge in [0.05, 0.1) is 24.3 Å². The van der Waals surface area contributed by atoms with Gasteiger partial charge in [0.2, 0.25) is 5.91 Å². The lowest BCUT2D eigenvalue weighted by atomic mass is 10.1. The Bertz CT molecular complexity index is 681. The topological polar surface area (TPSA) is 61.9 Å². The lowest BCUT2D eigenvalue weighted by Crippen LogP contribution is -2.49. The maximum absolute atomic E-state index is 12.9. The number of morpholine rings is 1. The molecule has 27 heavy (non-hydrogen) atoms. The second-order valence-corrected chi connectivity index (χ2v) is 7.89. The lowest BCUT2D eigenvalue weighted by molar-refractivity contribution is -0.141. The van der Waals surface area contributed by atoms with E-state index in [1.807, 2.05) is 23.6 Å². The molecule has 3 rings (SSSR count). The van der Waals surface area contributed by atoms with Gasteiger partial charge in [0.15, 0.2) is 0 Å². The predicted octanol–water partition coefficient (Wildman–Crippen LogP) is 3.01. The number of carbonyl (C=O) groups excluding carboxylic acids is 2. The molecule has 2 aliphatic heterocycles. The number of anilines is 1. The van der Waals surface area contributed by atoms with Crippen molar-refractivity contribution in [1.29, 1.82) is 0 Å². The first-order valence-electron chi connectivity index (χ1n) is 9.70. The van der Waals surface area contributed by atoms with E-state index >= 15 is 0 Å². The van der Waals surface area contributed by atoms with Crippen LogP contribution in [0.2, 0.25) is 5.02 Å². The molecule has 2 unspecified atom stereocenters. The maximum Gasteiger partial charge on any atom is 0.255 e. The van der Waals surface area contributed by atoms with Crippen LogP contribution in [0.5, 0.6) is 0 Å². The van der Waals surface area contributed by atoms with Crippen LogP contribution < -0.4 is 5.32 Å². The van der Waals surface area contributed by atoms with E-state index in [0.29, 0.717) is 29.4 Å². The Hall–Kier alpha value is -1.79. The number of benzene rings is 1. The highest BCUT2D eigenvalue weighted by atomic mass is 35.5. The predicted molar refractivity (Wildman–Crippen MR) is 106 cm³/mol. The Kier molecular flexibility index (Phi) is 6.60. The van der Waals surface area contributed by atoms with Gasteiger partial charge < -0.3 is 19.9 Å². The van der Waals surface area contributed by atoms with E-state index < -0.39 is 0 Å². The molecule has 2 saturated heterocycles. The monoisotopic (exact) mass is 393 g/mol. The molecule has 2 amide bonds. The summed E-state index contributed by atoms with van der Waals surface area (Å²) in [6.07, 6.45) is 3.29. The zero-order valence-corrected chi connectivity index (χ0v) is 16.8. The summed E-state index contributed by atoms with van der Waals surface area (Å²) in [5.74, 6) is -0.0109. The van der Waals surface area contributed by atoms with Gasteiger partial charge in [-0.3, -0.25) is 9.59 Å². The third-order valence-corrected chi connectivity index (χ3v) is 5.29. The van der Waals surface area contributed by atoms with Crippen molar-refractivity contribution in [1.82, 2.24) is 9.80 Å². The molecule has 0 aromatic heterocycles. The van der Waals surface area contributed by atoms with Crippen molar-refractivity contribution in [3.63, 3.8) is 0 Å². The van der Waals surface area contributed by atoms with E-state index in [1.165, 1.54) is 6.42 Å². The fourth-order valence-electron chi connectivity index (χ4n) is 3.78. The number of carbonyl (C=O) groups is 2. The van der Waals surface area contributed by atoms with Crippen LogP contribution in [0.25, 0.3) is 0 Å². The number of nitrogens with zero attached hydrogens (tertiary/aromatic N) is 2. The summed E-state index contributed by atoms with van der Waals surface area (Å²) in [7, 11) is 0. The Balaban J connectivity index is 1.68. The van der Waals surface area contributed by atoms with E-state index in [9.17, 15) is 9.59 Å². The largest absolute Gasteiger partial charge is 0.375 e. The summed E-state index contributed by atoms with van der Waals surface area (Å²) < 4.78 is 5.68. The smallest absolute Gasteiger partial charge is 0.255 e. The normalized spacial score (nSPS) is 23.2. The van der Waals surface area contributed by atoms with Crippen molar-refractivity contribution in [3.8, 4) is 0 Å². The quantitative estimate of drug-likeness (QED) is 0.854. The van der Waals surface area contributed by atoms with E-state index in [4.69, 9.17) is 16.3 Å². The van der Waals surface area contributed by atoms with Crippen LogP contribution in [-0.2, 0) is 9.53 Å². The molecule has 2 fully saturated rings. The average Bonchev–Trinajstić information content (AvgIpc) is 2.65. The standard InChI is InChI=1S/C20H28ClN3O3/c1-14-12-24(13-15(2)27-14)19(25)11-22-18-10-16(21)6-7-17(18)20(26)23-8-4-3-5-9-23/h6-7,10,14-15,22H,3-5,8-9,11-13H2,1-2H3. The molecule has 1 N–H and O–H groups in total. The minimum atomic E-state index is -0.00616. The van der Waals surface area contributed by atoms with Crippen LogP contribution in [0.4, 0.5) is 5.69 Å². The molecule has 1 aromatic rings. The van der Waals surface area contributed by atoms with Crippen LogP contribution in [0.15, 0.2) is 18.2 Å². The van der Waals surface area contributed by atoms with Crippen LogP contribution >= 0.6 is 11.6 Å². The molecule has 0 saturated carbocycles. The molecule has 148 valence electrons. The van der Waals surface area contributed by atoms with Gasteiger partial charge in [-0.15, -0.1) is 0 Å². The van der Waals surface area contributed by atoms with Crippen molar-refractivity contribution >= 4 is 29.1 Å². The second kappa shape index (κ2) is 8.93. The molecular formula is C20H28ClN3O3. The molecule has 2 atom stereocenters. The molecule has 6 nitrogen and oxygen atoms in total. The van der Waals surface area contributed by atoms with E-state index in [2.05, 4.69) is 5.32 Å². The highest BCUT2D eigenvalue weighted by molar-refractivity contribution is 6.31. The first kappa shape index (κ1) is 20.0. The van der Waals surface area contributed by atoms with Gasteiger partial charge >= 0.3 is 0 Å². The van der Waals surface area contributed by atoms with Gasteiger partial charge in [0.25, 0.3) is 5.91 Å². The highest BCUT2D eigenvalue weighted by Gasteiger charge is 2.26. The summed E-state index contributed by atoms with van der Waals surface area (Å²) in [6.45, 7) is 6.79. The van der Waals surface area contributed by atoms with Gasteiger partial charge in [0, 0.05) is 36.9 Å². The first-order valence-corrected chi connectivity index (χ1v) is 10.1. The van der Waals surface area contributed by atoms with Crippen molar-refractivity contribution in [2.45, 2.75) is 45.3 Å². The third kappa shape index (κ3) is 5.14. The Labute approximate surface area is 165 Å². The number of ether oxygens (including phenoxy) is 1. The molecule has 0 radical (unpaired) electrons. The summed E-state index contributed by atoms with van der Waals surface area (Å²) in [6, 6.07) is 5.18. The molecular weight excluding hydrogens is 366 g/mol. The molecule has 2 aliphatic rings. The minimum Gasteiger partial charge on any atom is -0.375 e. The van der Waals surface area contributed by atoms with E-state index in [-0.39, 0.29) is 30.6 Å². The number of likely N-dealkylation sites (tertiary alicyclic amines) is 1. The molecule has 1 aromatic carbocycles. The summed E-state index contributed by atoms with van der Waals surface area (Å²) in [5, 5.41) is 3.67. The zero-order valence-electron chi connectivity index (χ0n) is 16.0. The van der Waals surface area contributed by atoms with Crippen molar-refractivity contribution in [3.05, 3.63) is 28.8 Å². The molecule has 0 bridgehead atoms. The van der Waals surface area contributed by atoms with Crippen LogP contribution in [0.1, 0.15) is 43.5 Å². The zero-order chi connectivity index (χ0) is 19.4. The fourth-order valence-corrected chi connectivity index (χ4v) is 3.95. The summed E-state index contributed by atoms with van der Waals surface area (Å²) >= 11 is 6.13. The fraction of sp³-hybridized carbons (Fsp3) is 0.600. The third-order valence-electron chi connectivity index (χ3n) is 5.06. The van der Waals surface area contributed by atoms with Gasteiger partial charge in [-0.1, -0.05) is 11.6 Å². The number of hydrogen-bond donors (Lipinski definition) is 1. The number of amides is 2. The Morgan fingerprint density at radius 1 is 1.11 bits per heavy atom.